The monoisotopic (exact) mass is 564 g/mol. The van der Waals surface area contributed by atoms with Crippen molar-refractivity contribution < 1.29 is 31.2 Å². The molecule has 0 fully saturated rings. The SMILES string of the molecule is CCCCCc1ccc(-c2cc3ccc(OCCCCCC[Si](C)(OC)OC)cc3oc2=O)c(C(F)(F)F)c1. The molecule has 1 aromatic heterocycles. The predicted octanol–water partition coefficient (Wildman–Crippen LogP) is 8.52. The van der Waals surface area contributed by atoms with Crippen LogP contribution in [0, 0.1) is 0 Å². The van der Waals surface area contributed by atoms with E-state index in [0.717, 1.165) is 57.1 Å². The largest absolute Gasteiger partial charge is 0.493 e. The van der Waals surface area contributed by atoms with Crippen LogP contribution in [0.1, 0.15) is 63.0 Å². The molecule has 3 rings (SSSR count). The fourth-order valence-corrected chi connectivity index (χ4v) is 6.01. The molecule has 1 heterocycles. The lowest BCUT2D eigenvalue weighted by Gasteiger charge is -2.22. The molecule has 0 amide bonds. The zero-order chi connectivity index (χ0) is 28.5. The minimum Gasteiger partial charge on any atom is -0.493 e. The van der Waals surface area contributed by atoms with Gasteiger partial charge in [-0.25, -0.2) is 4.79 Å². The topological polar surface area (TPSA) is 57.9 Å². The summed E-state index contributed by atoms with van der Waals surface area (Å²) in [5.41, 5.74) is -1.03. The number of aryl methyl sites for hydroxylation is 1. The van der Waals surface area contributed by atoms with Crippen LogP contribution in [0.2, 0.25) is 12.6 Å². The number of rotatable bonds is 15. The van der Waals surface area contributed by atoms with Crippen LogP contribution in [0.3, 0.4) is 0 Å². The van der Waals surface area contributed by atoms with Gasteiger partial charge in [0.25, 0.3) is 0 Å². The number of ether oxygens (including phenoxy) is 1. The molecule has 0 aliphatic heterocycles. The standard InChI is InChI=1S/C30H39F3O5Si/c1-5-6-9-12-22-13-16-25(27(19-22)30(31,32)33)26-20-23-14-15-24(21-28(23)38-29(26)34)37-17-10-7-8-11-18-39(4,35-2)36-3/h13-16,19-21H,5-12,17-18H2,1-4H3. The number of hydrogen-bond donors (Lipinski definition) is 0. The van der Waals surface area contributed by atoms with Crippen molar-refractivity contribution in [3.05, 3.63) is 64.0 Å². The summed E-state index contributed by atoms with van der Waals surface area (Å²) in [6, 6.07) is 11.6. The maximum Gasteiger partial charge on any atom is 0.417 e. The summed E-state index contributed by atoms with van der Waals surface area (Å²) in [6.45, 7) is 4.61. The van der Waals surface area contributed by atoms with Crippen molar-refractivity contribution in [1.82, 2.24) is 0 Å². The molecule has 214 valence electrons. The van der Waals surface area contributed by atoms with E-state index in [1.165, 1.54) is 12.1 Å². The predicted molar refractivity (Wildman–Crippen MR) is 151 cm³/mol. The second-order valence-corrected chi connectivity index (χ2v) is 13.6. The quantitative estimate of drug-likeness (QED) is 0.105. The zero-order valence-electron chi connectivity index (χ0n) is 23.3. The molecule has 0 radical (unpaired) electrons. The molecule has 0 bridgehead atoms. The van der Waals surface area contributed by atoms with Gasteiger partial charge in [-0.2, -0.15) is 13.2 Å². The Balaban J connectivity index is 1.68. The average molecular weight is 565 g/mol. The first-order valence-corrected chi connectivity index (χ1v) is 16.1. The highest BCUT2D eigenvalue weighted by atomic mass is 28.4. The van der Waals surface area contributed by atoms with Crippen molar-refractivity contribution in [3.8, 4) is 16.9 Å². The summed E-state index contributed by atoms with van der Waals surface area (Å²) in [6.07, 6.45) is 2.68. The Bertz CT molecular complexity index is 1270. The van der Waals surface area contributed by atoms with Crippen molar-refractivity contribution >= 4 is 19.5 Å². The Morgan fingerprint density at radius 3 is 2.31 bits per heavy atom. The summed E-state index contributed by atoms with van der Waals surface area (Å²) < 4.78 is 64.1. The summed E-state index contributed by atoms with van der Waals surface area (Å²) in [5, 5.41) is 0.528. The van der Waals surface area contributed by atoms with Gasteiger partial charge in [-0.15, -0.1) is 0 Å². The maximum atomic E-state index is 13.9. The third kappa shape index (κ3) is 8.68. The average Bonchev–Trinajstić information content (AvgIpc) is 2.91. The van der Waals surface area contributed by atoms with Crippen LogP contribution in [-0.4, -0.2) is 29.4 Å². The number of unbranched alkanes of at least 4 members (excludes halogenated alkanes) is 5. The van der Waals surface area contributed by atoms with Crippen LogP contribution < -0.4 is 10.4 Å². The minimum absolute atomic E-state index is 0.107. The van der Waals surface area contributed by atoms with E-state index in [2.05, 4.69) is 6.55 Å². The number of fused-ring (bicyclic) bond motifs is 1. The van der Waals surface area contributed by atoms with Crippen LogP contribution in [0.15, 0.2) is 51.7 Å². The van der Waals surface area contributed by atoms with Crippen molar-refractivity contribution in [3.63, 3.8) is 0 Å². The Kier molecular flexibility index (Phi) is 11.2. The molecule has 0 spiro atoms. The molecule has 0 unspecified atom stereocenters. The van der Waals surface area contributed by atoms with Gasteiger partial charge in [-0.05, 0) is 61.7 Å². The molecule has 0 atom stereocenters. The number of halogens is 3. The van der Waals surface area contributed by atoms with Gasteiger partial charge in [0.15, 0.2) is 0 Å². The second kappa shape index (κ2) is 14.1. The molecule has 2 aromatic carbocycles. The highest BCUT2D eigenvalue weighted by Crippen LogP contribution is 2.38. The molecule has 3 aromatic rings. The fraction of sp³-hybridized carbons (Fsp3) is 0.500. The number of hydrogen-bond acceptors (Lipinski definition) is 5. The van der Waals surface area contributed by atoms with Gasteiger partial charge in [0, 0.05) is 31.2 Å². The third-order valence-electron chi connectivity index (χ3n) is 7.11. The van der Waals surface area contributed by atoms with Gasteiger partial charge < -0.3 is 18.0 Å². The van der Waals surface area contributed by atoms with E-state index in [-0.39, 0.29) is 16.7 Å². The molecule has 39 heavy (non-hydrogen) atoms. The van der Waals surface area contributed by atoms with Gasteiger partial charge in [0.1, 0.15) is 11.3 Å². The van der Waals surface area contributed by atoms with E-state index >= 15 is 0 Å². The Hall–Kier alpha value is -2.62. The van der Waals surface area contributed by atoms with Gasteiger partial charge in [0.2, 0.25) is 0 Å². The van der Waals surface area contributed by atoms with E-state index in [1.54, 1.807) is 38.5 Å². The third-order valence-corrected chi connectivity index (χ3v) is 10.1. The normalized spacial score (nSPS) is 12.3. The van der Waals surface area contributed by atoms with Crippen molar-refractivity contribution in [1.29, 1.82) is 0 Å². The van der Waals surface area contributed by atoms with Gasteiger partial charge >= 0.3 is 20.4 Å². The first kappa shape index (κ1) is 30.9. The van der Waals surface area contributed by atoms with Crippen LogP contribution >= 0.6 is 0 Å². The van der Waals surface area contributed by atoms with Crippen molar-refractivity contribution in [2.75, 3.05) is 20.8 Å². The first-order valence-electron chi connectivity index (χ1n) is 13.6. The maximum absolute atomic E-state index is 13.9. The molecule has 0 aliphatic carbocycles. The van der Waals surface area contributed by atoms with Crippen LogP contribution in [0.25, 0.3) is 22.1 Å². The lowest BCUT2D eigenvalue weighted by atomic mass is 9.95. The molecule has 0 N–H and O–H groups in total. The fourth-order valence-electron chi connectivity index (χ4n) is 4.54. The molecule has 0 aliphatic rings. The summed E-state index contributed by atoms with van der Waals surface area (Å²) in [4.78, 5) is 12.8. The minimum atomic E-state index is -4.59. The first-order chi connectivity index (χ1) is 18.6. The summed E-state index contributed by atoms with van der Waals surface area (Å²) in [5.74, 6) is 0.546. The summed E-state index contributed by atoms with van der Waals surface area (Å²) in [7, 11) is 1.37. The van der Waals surface area contributed by atoms with E-state index in [0.29, 0.717) is 29.7 Å². The van der Waals surface area contributed by atoms with E-state index in [9.17, 15) is 18.0 Å². The smallest absolute Gasteiger partial charge is 0.417 e. The molecule has 0 saturated heterocycles. The lowest BCUT2D eigenvalue weighted by molar-refractivity contribution is -0.137. The number of alkyl halides is 3. The van der Waals surface area contributed by atoms with Gasteiger partial charge in [0.05, 0.1) is 17.7 Å². The highest BCUT2D eigenvalue weighted by molar-refractivity contribution is 6.65. The van der Waals surface area contributed by atoms with E-state index in [4.69, 9.17) is 18.0 Å². The molecule has 9 heteroatoms. The van der Waals surface area contributed by atoms with Crippen molar-refractivity contribution in [2.45, 2.75) is 77.1 Å². The highest BCUT2D eigenvalue weighted by Gasteiger charge is 2.35. The summed E-state index contributed by atoms with van der Waals surface area (Å²) >= 11 is 0. The van der Waals surface area contributed by atoms with Crippen LogP contribution in [-0.2, 0) is 21.4 Å². The van der Waals surface area contributed by atoms with Crippen LogP contribution in [0.5, 0.6) is 5.75 Å². The zero-order valence-corrected chi connectivity index (χ0v) is 24.3. The van der Waals surface area contributed by atoms with Crippen LogP contribution in [0.4, 0.5) is 13.2 Å². The number of benzene rings is 2. The Morgan fingerprint density at radius 2 is 1.62 bits per heavy atom. The lowest BCUT2D eigenvalue weighted by Crippen LogP contribution is -2.35. The van der Waals surface area contributed by atoms with E-state index < -0.39 is 25.9 Å². The molecular weight excluding hydrogens is 525 g/mol. The second-order valence-electron chi connectivity index (χ2n) is 10.0. The van der Waals surface area contributed by atoms with Crippen molar-refractivity contribution in [2.24, 2.45) is 0 Å². The molecule has 0 saturated carbocycles. The molecule has 5 nitrogen and oxygen atoms in total. The Labute approximate surface area is 229 Å². The van der Waals surface area contributed by atoms with Gasteiger partial charge in [-0.1, -0.05) is 51.2 Å². The van der Waals surface area contributed by atoms with E-state index in [1.807, 2.05) is 6.92 Å². The molecular formula is C30H39F3O5Si. The Morgan fingerprint density at radius 1 is 0.872 bits per heavy atom. The van der Waals surface area contributed by atoms with Gasteiger partial charge in [-0.3, -0.25) is 0 Å².